The smallest absolute Gasteiger partial charge is 0.236 e. The van der Waals surface area contributed by atoms with Gasteiger partial charge in [-0.1, -0.05) is 0 Å². The first-order valence-corrected chi connectivity index (χ1v) is 13.3. The summed E-state index contributed by atoms with van der Waals surface area (Å²) in [6.07, 6.45) is 6.73. The van der Waals surface area contributed by atoms with E-state index in [1.807, 2.05) is 17.3 Å². The van der Waals surface area contributed by atoms with Crippen LogP contribution in [0.25, 0.3) is 10.9 Å². The number of hydrogen-bond acceptors (Lipinski definition) is 7. The minimum absolute atomic E-state index is 0.198. The van der Waals surface area contributed by atoms with Gasteiger partial charge in [0.25, 0.3) is 0 Å². The normalized spacial score (nSPS) is 20.1. The molecule has 0 saturated carbocycles. The highest BCUT2D eigenvalue weighted by Crippen LogP contribution is 2.34. The second-order valence-corrected chi connectivity index (χ2v) is 10.2. The van der Waals surface area contributed by atoms with Crippen molar-refractivity contribution < 1.29 is 13.9 Å². The lowest BCUT2D eigenvalue weighted by molar-refractivity contribution is -0.134. The van der Waals surface area contributed by atoms with Crippen LogP contribution in [0.15, 0.2) is 42.7 Å². The average molecular weight is 505 g/mol. The molecular weight excluding hydrogens is 471 g/mol. The molecule has 0 spiro atoms. The van der Waals surface area contributed by atoms with Gasteiger partial charge in [-0.2, -0.15) is 0 Å². The third-order valence-electron chi connectivity index (χ3n) is 7.77. The summed E-state index contributed by atoms with van der Waals surface area (Å²) in [5.74, 6) is 1.88. The fraction of sp³-hybridized carbons (Fsp3) is 0.464. The van der Waals surface area contributed by atoms with Crippen LogP contribution in [0, 0.1) is 11.7 Å². The molecule has 2 fully saturated rings. The first-order valence-electron chi connectivity index (χ1n) is 13.3. The summed E-state index contributed by atoms with van der Waals surface area (Å²) < 4.78 is 19.0. The Labute approximate surface area is 216 Å². The van der Waals surface area contributed by atoms with Gasteiger partial charge in [-0.05, 0) is 49.6 Å². The molecule has 3 aliphatic rings. The molecule has 0 aliphatic carbocycles. The molecule has 5 heterocycles. The Hall–Kier alpha value is -3.46. The van der Waals surface area contributed by atoms with Gasteiger partial charge in [-0.15, -0.1) is 0 Å². The molecule has 1 atom stereocenters. The zero-order chi connectivity index (χ0) is 25.2. The zero-order valence-corrected chi connectivity index (χ0v) is 21.0. The first-order chi connectivity index (χ1) is 18.1. The summed E-state index contributed by atoms with van der Waals surface area (Å²) in [6, 6.07) is 8.23. The highest BCUT2D eigenvalue weighted by atomic mass is 19.1. The van der Waals surface area contributed by atoms with Crippen LogP contribution >= 0.6 is 0 Å². The van der Waals surface area contributed by atoms with Crippen LogP contribution in [0.5, 0.6) is 5.75 Å². The molecular formula is C28H33FN6O2. The van der Waals surface area contributed by atoms with Crippen LogP contribution in [0.2, 0.25) is 0 Å². The molecule has 1 amide bonds. The summed E-state index contributed by atoms with van der Waals surface area (Å²) >= 11 is 0. The number of anilines is 2. The minimum atomic E-state index is -0.269. The number of halogens is 1. The first kappa shape index (κ1) is 23.9. The van der Waals surface area contributed by atoms with Crippen molar-refractivity contribution in [2.24, 2.45) is 5.92 Å². The number of nitrogens with zero attached hydrogens (tertiary/aromatic N) is 5. The molecule has 1 unspecified atom stereocenters. The van der Waals surface area contributed by atoms with E-state index in [0.717, 1.165) is 76.4 Å². The fourth-order valence-corrected chi connectivity index (χ4v) is 5.77. The number of amides is 1. The third-order valence-corrected chi connectivity index (χ3v) is 7.77. The minimum Gasteiger partial charge on any atom is -0.493 e. The monoisotopic (exact) mass is 504 g/mol. The molecule has 1 N–H and O–H groups in total. The van der Waals surface area contributed by atoms with E-state index >= 15 is 0 Å². The van der Waals surface area contributed by atoms with Crippen molar-refractivity contribution in [3.05, 3.63) is 54.1 Å². The van der Waals surface area contributed by atoms with Gasteiger partial charge in [0.05, 0.1) is 24.9 Å². The van der Waals surface area contributed by atoms with Crippen LogP contribution in [0.4, 0.5) is 15.9 Å². The van der Waals surface area contributed by atoms with Gasteiger partial charge >= 0.3 is 0 Å². The molecule has 2 aromatic heterocycles. The number of rotatable bonds is 6. The molecule has 8 nitrogen and oxygen atoms in total. The number of hydrogen-bond donors (Lipinski definition) is 1. The Morgan fingerprint density at radius 3 is 2.76 bits per heavy atom. The number of pyridine rings is 2. The number of likely N-dealkylation sites (tertiary alicyclic amines) is 1. The van der Waals surface area contributed by atoms with Crippen molar-refractivity contribution in [1.29, 1.82) is 0 Å². The van der Waals surface area contributed by atoms with Gasteiger partial charge in [0, 0.05) is 74.6 Å². The predicted molar refractivity (Wildman–Crippen MR) is 142 cm³/mol. The standard InChI is InChI=1S/C28H33FN6O2/c29-21-3-5-22(6-4-21)37-19-20-2-1-11-35(17-20)26(36)18-33-12-14-34(15-13-33)25-8-10-30-24-16-32-28-23(27(24)25)7-9-31-28/h3-6,8,10,16,20H,1-2,7,9,11-15,17-19H2,(H,31,32). The van der Waals surface area contributed by atoms with Crippen LogP contribution in [-0.4, -0.2) is 84.6 Å². The number of fused-ring (bicyclic) bond motifs is 3. The molecule has 9 heteroatoms. The molecule has 6 rings (SSSR count). The highest BCUT2D eigenvalue weighted by molar-refractivity contribution is 5.97. The maximum atomic E-state index is 13.1. The van der Waals surface area contributed by atoms with Gasteiger partial charge in [-0.25, -0.2) is 9.37 Å². The summed E-state index contributed by atoms with van der Waals surface area (Å²) in [7, 11) is 0. The number of piperidine rings is 1. The number of carbonyl (C=O) groups excluding carboxylic acids is 1. The lowest BCUT2D eigenvalue weighted by Crippen LogP contribution is -2.51. The summed E-state index contributed by atoms with van der Waals surface area (Å²) in [5, 5.41) is 4.59. The quantitative estimate of drug-likeness (QED) is 0.553. The Morgan fingerprint density at radius 2 is 1.92 bits per heavy atom. The Bertz CT molecular complexity index is 1260. The average Bonchev–Trinajstić information content (AvgIpc) is 3.42. The third kappa shape index (κ3) is 5.18. The van der Waals surface area contributed by atoms with Gasteiger partial charge in [-0.3, -0.25) is 14.7 Å². The Kier molecular flexibility index (Phi) is 6.78. The predicted octanol–water partition coefficient (Wildman–Crippen LogP) is 3.18. The number of nitrogens with one attached hydrogen (secondary N) is 1. The van der Waals surface area contributed by atoms with E-state index in [-0.39, 0.29) is 11.7 Å². The second-order valence-electron chi connectivity index (χ2n) is 10.2. The van der Waals surface area contributed by atoms with E-state index in [2.05, 4.69) is 31.2 Å². The van der Waals surface area contributed by atoms with Crippen LogP contribution in [0.3, 0.4) is 0 Å². The number of aromatic nitrogens is 2. The maximum Gasteiger partial charge on any atom is 0.236 e. The Balaban J connectivity index is 1.03. The van der Waals surface area contributed by atoms with E-state index in [1.54, 1.807) is 12.1 Å². The van der Waals surface area contributed by atoms with E-state index in [0.29, 0.717) is 24.8 Å². The largest absolute Gasteiger partial charge is 0.493 e. The van der Waals surface area contributed by atoms with Crippen LogP contribution < -0.4 is 15.0 Å². The second kappa shape index (κ2) is 10.5. The van der Waals surface area contributed by atoms with Crippen molar-refractivity contribution in [2.45, 2.75) is 19.3 Å². The molecule has 0 radical (unpaired) electrons. The topological polar surface area (TPSA) is 73.8 Å². The molecule has 37 heavy (non-hydrogen) atoms. The number of ether oxygens (including phenoxy) is 1. The summed E-state index contributed by atoms with van der Waals surface area (Å²) in [6.45, 7) is 6.91. The van der Waals surface area contributed by atoms with Crippen molar-refractivity contribution in [3.63, 3.8) is 0 Å². The van der Waals surface area contributed by atoms with Crippen molar-refractivity contribution in [1.82, 2.24) is 19.8 Å². The molecule has 1 aromatic carbocycles. The van der Waals surface area contributed by atoms with Crippen molar-refractivity contribution in [2.75, 3.05) is 69.2 Å². The summed E-state index contributed by atoms with van der Waals surface area (Å²) in [4.78, 5) is 28.9. The molecule has 0 bridgehead atoms. The maximum absolute atomic E-state index is 13.1. The molecule has 2 saturated heterocycles. The number of benzene rings is 1. The van der Waals surface area contributed by atoms with Gasteiger partial charge < -0.3 is 19.9 Å². The van der Waals surface area contributed by atoms with E-state index in [9.17, 15) is 9.18 Å². The number of carbonyl (C=O) groups is 1. The summed E-state index contributed by atoms with van der Waals surface area (Å²) in [5.41, 5.74) is 3.43. The molecule has 194 valence electrons. The van der Waals surface area contributed by atoms with Crippen LogP contribution in [0.1, 0.15) is 18.4 Å². The van der Waals surface area contributed by atoms with Crippen LogP contribution in [-0.2, 0) is 11.2 Å². The zero-order valence-electron chi connectivity index (χ0n) is 21.0. The highest BCUT2D eigenvalue weighted by Gasteiger charge is 2.28. The van der Waals surface area contributed by atoms with Gasteiger partial charge in [0.1, 0.15) is 17.4 Å². The van der Waals surface area contributed by atoms with Crippen molar-refractivity contribution in [3.8, 4) is 5.75 Å². The molecule has 3 aliphatic heterocycles. The van der Waals surface area contributed by atoms with E-state index in [1.165, 1.54) is 28.8 Å². The Morgan fingerprint density at radius 1 is 1.08 bits per heavy atom. The van der Waals surface area contributed by atoms with Gasteiger partial charge in [0.2, 0.25) is 5.91 Å². The van der Waals surface area contributed by atoms with E-state index < -0.39 is 0 Å². The fourth-order valence-electron chi connectivity index (χ4n) is 5.77. The number of piperazine rings is 1. The molecule has 3 aromatic rings. The van der Waals surface area contributed by atoms with E-state index in [4.69, 9.17) is 4.74 Å². The lowest BCUT2D eigenvalue weighted by Gasteiger charge is -2.38. The van der Waals surface area contributed by atoms with Crippen molar-refractivity contribution >= 4 is 28.3 Å². The van der Waals surface area contributed by atoms with Gasteiger partial charge in [0.15, 0.2) is 0 Å². The lowest BCUT2D eigenvalue weighted by atomic mass is 9.99. The SMILES string of the molecule is O=C(CN1CCN(c2ccnc3cnc4c(c23)CCN4)CC1)N1CCCC(COc2ccc(F)cc2)C1.